The van der Waals surface area contributed by atoms with Crippen molar-refractivity contribution < 1.29 is 4.42 Å². The number of aromatic nitrogens is 4. The zero-order valence-corrected chi connectivity index (χ0v) is 18.1. The molecule has 0 unspecified atom stereocenters. The van der Waals surface area contributed by atoms with Crippen LogP contribution in [0.1, 0.15) is 5.69 Å². The van der Waals surface area contributed by atoms with Gasteiger partial charge in [0.2, 0.25) is 11.7 Å². The third-order valence-corrected chi connectivity index (χ3v) is 6.09. The summed E-state index contributed by atoms with van der Waals surface area (Å²) in [4.78, 5) is 14.7. The Kier molecular flexibility index (Phi) is 4.11. The van der Waals surface area contributed by atoms with Crippen LogP contribution in [0, 0.1) is 0 Å². The standard InChI is InChI=1S/C28H19N5O/c1-3-10-18(11-4-1)25-30-26(19-12-5-2-6-13-19)32-28(31-25)33-21-15-9-17-29-24(21)23-20-14-7-8-16-22(20)34-27(23)33/h1-16,29H,17H2. The highest BCUT2D eigenvalue weighted by Gasteiger charge is 2.26. The number of benzene rings is 3. The summed E-state index contributed by atoms with van der Waals surface area (Å²) in [5.74, 6) is 1.75. The maximum Gasteiger partial charge on any atom is 0.241 e. The van der Waals surface area contributed by atoms with Gasteiger partial charge in [-0.15, -0.1) is 0 Å². The van der Waals surface area contributed by atoms with Crippen molar-refractivity contribution in [3.63, 3.8) is 0 Å². The van der Waals surface area contributed by atoms with E-state index in [2.05, 4.69) is 23.5 Å². The molecular formula is C28H19N5O. The Morgan fingerprint density at radius 2 is 1.38 bits per heavy atom. The number of furan rings is 1. The summed E-state index contributed by atoms with van der Waals surface area (Å²) in [5.41, 5.74) is 5.41. The summed E-state index contributed by atoms with van der Waals surface area (Å²) in [6.07, 6.45) is 4.20. The molecule has 0 amide bonds. The molecule has 1 aliphatic rings. The van der Waals surface area contributed by atoms with Gasteiger partial charge in [0.25, 0.3) is 0 Å². The second-order valence-electron chi connectivity index (χ2n) is 8.17. The van der Waals surface area contributed by atoms with Crippen LogP contribution in [0.2, 0.25) is 0 Å². The van der Waals surface area contributed by atoms with E-state index in [0.717, 1.165) is 51.1 Å². The van der Waals surface area contributed by atoms with E-state index in [1.54, 1.807) is 0 Å². The maximum absolute atomic E-state index is 6.37. The molecule has 162 valence electrons. The average molecular weight is 441 g/mol. The molecule has 0 spiro atoms. The molecule has 1 aliphatic heterocycles. The van der Waals surface area contributed by atoms with Gasteiger partial charge in [-0.1, -0.05) is 84.9 Å². The Morgan fingerprint density at radius 3 is 2.09 bits per heavy atom. The van der Waals surface area contributed by atoms with E-state index in [1.165, 1.54) is 0 Å². The van der Waals surface area contributed by atoms with Gasteiger partial charge in [0.05, 0.1) is 16.8 Å². The molecule has 6 heteroatoms. The third kappa shape index (κ3) is 2.85. The number of anilines is 1. The first-order chi connectivity index (χ1) is 16.9. The number of hydrogen-bond donors (Lipinski definition) is 1. The van der Waals surface area contributed by atoms with Gasteiger partial charge in [0.1, 0.15) is 5.58 Å². The van der Waals surface area contributed by atoms with Crippen molar-refractivity contribution in [1.82, 2.24) is 19.5 Å². The first kappa shape index (κ1) is 18.8. The van der Waals surface area contributed by atoms with E-state index >= 15 is 0 Å². The molecule has 0 saturated heterocycles. The van der Waals surface area contributed by atoms with Crippen LogP contribution in [-0.4, -0.2) is 26.1 Å². The SMILES string of the molecule is C1=Cc2c(c3c4ccccc4oc3n2-c2nc(-c3ccccc3)nc(-c3ccccc3)n2)NC1. The molecule has 0 bridgehead atoms. The Bertz CT molecular complexity index is 1640. The van der Waals surface area contributed by atoms with Crippen molar-refractivity contribution in [3.05, 3.63) is 96.7 Å². The predicted molar refractivity (Wildman–Crippen MR) is 135 cm³/mol. The smallest absolute Gasteiger partial charge is 0.241 e. The summed E-state index contributed by atoms with van der Waals surface area (Å²) in [6.45, 7) is 0.757. The van der Waals surface area contributed by atoms with Gasteiger partial charge in [0.15, 0.2) is 11.6 Å². The zero-order valence-electron chi connectivity index (χ0n) is 18.1. The molecule has 1 N–H and O–H groups in total. The summed E-state index contributed by atoms with van der Waals surface area (Å²) in [5, 5.41) is 5.63. The molecule has 0 saturated carbocycles. The molecular weight excluding hydrogens is 422 g/mol. The molecule has 4 heterocycles. The van der Waals surface area contributed by atoms with Crippen LogP contribution in [0.5, 0.6) is 0 Å². The largest absolute Gasteiger partial charge is 0.439 e. The van der Waals surface area contributed by atoms with Crippen molar-refractivity contribution in [2.75, 3.05) is 11.9 Å². The third-order valence-electron chi connectivity index (χ3n) is 6.09. The average Bonchev–Trinajstić information content (AvgIpc) is 3.44. The number of fused-ring (bicyclic) bond motifs is 5. The molecule has 3 aromatic heterocycles. The van der Waals surface area contributed by atoms with E-state index in [4.69, 9.17) is 19.4 Å². The second-order valence-corrected chi connectivity index (χ2v) is 8.17. The minimum Gasteiger partial charge on any atom is -0.439 e. The summed E-state index contributed by atoms with van der Waals surface area (Å²) in [7, 11) is 0. The fourth-order valence-corrected chi connectivity index (χ4v) is 4.55. The molecule has 6 nitrogen and oxygen atoms in total. The van der Waals surface area contributed by atoms with Crippen molar-refractivity contribution in [2.24, 2.45) is 0 Å². The fourth-order valence-electron chi connectivity index (χ4n) is 4.55. The number of rotatable bonds is 3. The lowest BCUT2D eigenvalue weighted by Gasteiger charge is -2.13. The highest BCUT2D eigenvalue weighted by Crippen LogP contribution is 2.41. The fraction of sp³-hybridized carbons (Fsp3) is 0.0357. The molecule has 0 radical (unpaired) electrons. The van der Waals surface area contributed by atoms with E-state index in [-0.39, 0.29) is 0 Å². The molecule has 0 atom stereocenters. The van der Waals surface area contributed by atoms with Crippen LogP contribution in [0.25, 0.3) is 56.9 Å². The minimum atomic E-state index is 0.520. The lowest BCUT2D eigenvalue weighted by Crippen LogP contribution is -2.10. The first-order valence-electron chi connectivity index (χ1n) is 11.2. The molecule has 3 aromatic carbocycles. The van der Waals surface area contributed by atoms with Gasteiger partial charge in [-0.05, 0) is 12.1 Å². The van der Waals surface area contributed by atoms with Gasteiger partial charge < -0.3 is 9.73 Å². The molecule has 34 heavy (non-hydrogen) atoms. The van der Waals surface area contributed by atoms with Gasteiger partial charge in [-0.3, -0.25) is 0 Å². The van der Waals surface area contributed by atoms with Crippen molar-refractivity contribution >= 4 is 33.8 Å². The molecule has 0 fully saturated rings. The Balaban J connectivity index is 1.56. The highest BCUT2D eigenvalue weighted by molar-refractivity contribution is 6.14. The van der Waals surface area contributed by atoms with Crippen LogP contribution in [0.3, 0.4) is 0 Å². The van der Waals surface area contributed by atoms with Crippen LogP contribution in [-0.2, 0) is 0 Å². The minimum absolute atomic E-state index is 0.520. The molecule has 7 rings (SSSR count). The van der Waals surface area contributed by atoms with Crippen LogP contribution in [0.4, 0.5) is 5.69 Å². The normalized spacial score (nSPS) is 12.7. The van der Waals surface area contributed by atoms with Crippen LogP contribution < -0.4 is 5.32 Å². The maximum atomic E-state index is 6.37. The molecule has 6 aromatic rings. The van der Waals surface area contributed by atoms with Crippen LogP contribution >= 0.6 is 0 Å². The summed E-state index contributed by atoms with van der Waals surface area (Å²) < 4.78 is 8.36. The van der Waals surface area contributed by atoms with Gasteiger partial charge in [-0.25, -0.2) is 9.55 Å². The Hall–Kier alpha value is -4.71. The van der Waals surface area contributed by atoms with E-state index in [1.807, 2.05) is 83.4 Å². The highest BCUT2D eigenvalue weighted by atomic mass is 16.3. The van der Waals surface area contributed by atoms with Gasteiger partial charge in [0, 0.05) is 23.1 Å². The topological polar surface area (TPSA) is 68.8 Å². The summed E-state index contributed by atoms with van der Waals surface area (Å²) >= 11 is 0. The van der Waals surface area contributed by atoms with Crippen molar-refractivity contribution in [1.29, 1.82) is 0 Å². The van der Waals surface area contributed by atoms with Crippen molar-refractivity contribution in [3.8, 4) is 28.7 Å². The quantitative estimate of drug-likeness (QED) is 0.347. The van der Waals surface area contributed by atoms with E-state index in [9.17, 15) is 0 Å². The van der Waals surface area contributed by atoms with E-state index < -0.39 is 0 Å². The first-order valence-corrected chi connectivity index (χ1v) is 11.2. The number of nitrogens with zero attached hydrogens (tertiary/aromatic N) is 4. The molecule has 0 aliphatic carbocycles. The van der Waals surface area contributed by atoms with Crippen LogP contribution in [0.15, 0.2) is 95.4 Å². The second kappa shape index (κ2) is 7.42. The Labute approximate surface area is 195 Å². The van der Waals surface area contributed by atoms with Gasteiger partial charge in [-0.2, -0.15) is 9.97 Å². The Morgan fingerprint density at radius 1 is 0.735 bits per heavy atom. The zero-order chi connectivity index (χ0) is 22.5. The number of para-hydroxylation sites is 1. The summed E-state index contributed by atoms with van der Waals surface area (Å²) in [6, 6.07) is 28.1. The lowest BCUT2D eigenvalue weighted by atomic mass is 10.1. The lowest BCUT2D eigenvalue weighted by molar-refractivity contribution is 0.637. The number of nitrogens with one attached hydrogen (secondary N) is 1. The van der Waals surface area contributed by atoms with E-state index in [0.29, 0.717) is 17.6 Å². The monoisotopic (exact) mass is 441 g/mol. The van der Waals surface area contributed by atoms with Crippen molar-refractivity contribution in [2.45, 2.75) is 0 Å². The number of hydrogen-bond acceptors (Lipinski definition) is 5. The predicted octanol–water partition coefficient (Wildman–Crippen LogP) is 6.33. The van der Waals surface area contributed by atoms with Gasteiger partial charge >= 0.3 is 0 Å².